The van der Waals surface area contributed by atoms with E-state index in [4.69, 9.17) is 0 Å². The Kier molecular flexibility index (Phi) is 5.00. The van der Waals surface area contributed by atoms with E-state index in [2.05, 4.69) is 20.5 Å². The van der Waals surface area contributed by atoms with Crippen molar-refractivity contribution in [1.29, 1.82) is 0 Å². The van der Waals surface area contributed by atoms with Gasteiger partial charge in [-0.3, -0.25) is 0 Å². The second kappa shape index (κ2) is 7.17. The van der Waals surface area contributed by atoms with Crippen LogP contribution >= 0.6 is 0 Å². The molecular weight excluding hydrogens is 292 g/mol. The monoisotopic (exact) mass is 318 g/mol. The van der Waals surface area contributed by atoms with Crippen molar-refractivity contribution in [2.45, 2.75) is 50.2 Å². The molecule has 2 heterocycles. The van der Waals surface area contributed by atoms with Gasteiger partial charge in [0.25, 0.3) is 0 Å². The molecule has 3 N–H and O–H groups in total. The van der Waals surface area contributed by atoms with E-state index in [1.807, 2.05) is 18.2 Å². The Morgan fingerprint density at radius 1 is 1.30 bits per heavy atom. The zero-order chi connectivity index (χ0) is 16.1. The van der Waals surface area contributed by atoms with Crippen molar-refractivity contribution in [2.75, 3.05) is 24.5 Å². The third-order valence-corrected chi connectivity index (χ3v) is 4.92. The van der Waals surface area contributed by atoms with Gasteiger partial charge in [0.15, 0.2) is 0 Å². The Hall–Kier alpha value is -1.82. The first kappa shape index (κ1) is 16.1. The molecule has 1 aliphatic heterocycles. The van der Waals surface area contributed by atoms with Gasteiger partial charge in [0, 0.05) is 31.9 Å². The Morgan fingerprint density at radius 2 is 2.04 bits per heavy atom. The molecule has 0 unspecified atom stereocenters. The molecule has 6 nitrogen and oxygen atoms in total. The first-order chi connectivity index (χ1) is 11.1. The number of aliphatic hydroxyl groups is 1. The highest BCUT2D eigenvalue weighted by Crippen LogP contribution is 2.28. The Labute approximate surface area is 137 Å². The van der Waals surface area contributed by atoms with E-state index >= 15 is 0 Å². The predicted octanol–water partition coefficient (Wildman–Crippen LogP) is 1.65. The van der Waals surface area contributed by atoms with E-state index in [1.165, 1.54) is 0 Å². The van der Waals surface area contributed by atoms with Gasteiger partial charge < -0.3 is 20.6 Å². The first-order valence-corrected chi connectivity index (χ1v) is 8.57. The Morgan fingerprint density at radius 3 is 2.70 bits per heavy atom. The molecule has 0 radical (unpaired) electrons. The smallest absolute Gasteiger partial charge is 0.315 e. The van der Waals surface area contributed by atoms with E-state index in [0.717, 1.165) is 57.4 Å². The van der Waals surface area contributed by atoms with Gasteiger partial charge in [-0.05, 0) is 37.8 Å². The number of hydrogen-bond acceptors (Lipinski definition) is 4. The SMILES string of the molecule is O=C(NCC1(O)CCCC1)NC1CCN(c2ccccn2)CC1. The molecule has 1 aromatic heterocycles. The minimum absolute atomic E-state index is 0.165. The van der Waals surface area contributed by atoms with Gasteiger partial charge in [-0.25, -0.2) is 9.78 Å². The van der Waals surface area contributed by atoms with Crippen molar-refractivity contribution in [2.24, 2.45) is 0 Å². The number of nitrogens with zero attached hydrogens (tertiary/aromatic N) is 2. The Bertz CT molecular complexity index is 509. The van der Waals surface area contributed by atoms with Crippen molar-refractivity contribution in [3.05, 3.63) is 24.4 Å². The minimum atomic E-state index is -0.695. The van der Waals surface area contributed by atoms with Gasteiger partial charge in [0.1, 0.15) is 5.82 Å². The molecule has 2 aliphatic rings. The fourth-order valence-electron chi connectivity index (χ4n) is 3.48. The predicted molar refractivity (Wildman–Crippen MR) is 89.4 cm³/mol. The van der Waals surface area contributed by atoms with Crippen molar-refractivity contribution in [1.82, 2.24) is 15.6 Å². The maximum atomic E-state index is 12.0. The summed E-state index contributed by atoms with van der Waals surface area (Å²) in [6.07, 6.45) is 7.30. The summed E-state index contributed by atoms with van der Waals surface area (Å²) in [6.45, 7) is 2.14. The number of hydrogen-bond donors (Lipinski definition) is 3. The van der Waals surface area contributed by atoms with Gasteiger partial charge in [-0.2, -0.15) is 0 Å². The second-order valence-corrected chi connectivity index (χ2v) is 6.71. The topological polar surface area (TPSA) is 77.5 Å². The zero-order valence-electron chi connectivity index (χ0n) is 13.5. The lowest BCUT2D eigenvalue weighted by molar-refractivity contribution is 0.0500. The highest BCUT2D eigenvalue weighted by Gasteiger charge is 2.31. The van der Waals surface area contributed by atoms with Crippen LogP contribution in [0.1, 0.15) is 38.5 Å². The summed E-state index contributed by atoms with van der Waals surface area (Å²) < 4.78 is 0. The maximum absolute atomic E-state index is 12.0. The summed E-state index contributed by atoms with van der Waals surface area (Å²) in [5.41, 5.74) is -0.695. The molecule has 0 aromatic carbocycles. The highest BCUT2D eigenvalue weighted by atomic mass is 16.3. The van der Waals surface area contributed by atoms with Gasteiger partial charge in [-0.15, -0.1) is 0 Å². The summed E-state index contributed by atoms with van der Waals surface area (Å²) >= 11 is 0. The number of rotatable bonds is 4. The molecule has 2 amide bonds. The van der Waals surface area contributed by atoms with Crippen LogP contribution in [-0.2, 0) is 0 Å². The molecule has 0 bridgehead atoms. The molecular formula is C17H26N4O2. The highest BCUT2D eigenvalue weighted by molar-refractivity contribution is 5.74. The van der Waals surface area contributed by atoms with Crippen LogP contribution in [0.3, 0.4) is 0 Å². The Balaban J connectivity index is 1.39. The number of urea groups is 1. The molecule has 1 saturated carbocycles. The van der Waals surface area contributed by atoms with Crippen molar-refractivity contribution in [3.8, 4) is 0 Å². The molecule has 0 atom stereocenters. The number of aromatic nitrogens is 1. The molecule has 0 spiro atoms. The molecule has 23 heavy (non-hydrogen) atoms. The molecule has 6 heteroatoms. The maximum Gasteiger partial charge on any atom is 0.315 e. The van der Waals surface area contributed by atoms with E-state index < -0.39 is 5.60 Å². The number of pyridine rings is 1. The number of nitrogens with one attached hydrogen (secondary N) is 2. The molecule has 3 rings (SSSR count). The molecule has 1 saturated heterocycles. The van der Waals surface area contributed by atoms with Gasteiger partial charge >= 0.3 is 6.03 Å². The van der Waals surface area contributed by atoms with Crippen LogP contribution in [0.4, 0.5) is 10.6 Å². The van der Waals surface area contributed by atoms with Crippen LogP contribution in [0, 0.1) is 0 Å². The number of piperidine rings is 1. The molecule has 1 aromatic rings. The van der Waals surface area contributed by atoms with E-state index in [9.17, 15) is 9.90 Å². The van der Waals surface area contributed by atoms with Gasteiger partial charge in [-0.1, -0.05) is 18.9 Å². The summed E-state index contributed by atoms with van der Waals surface area (Å²) in [6, 6.07) is 5.95. The van der Waals surface area contributed by atoms with Gasteiger partial charge in [0.2, 0.25) is 0 Å². The normalized spacial score (nSPS) is 21.2. The van der Waals surface area contributed by atoms with Crippen molar-refractivity contribution >= 4 is 11.8 Å². The minimum Gasteiger partial charge on any atom is -0.388 e. The molecule has 1 aliphatic carbocycles. The lowest BCUT2D eigenvalue weighted by Gasteiger charge is -2.33. The number of anilines is 1. The zero-order valence-corrected chi connectivity index (χ0v) is 13.5. The first-order valence-electron chi connectivity index (χ1n) is 8.57. The van der Waals surface area contributed by atoms with Crippen LogP contribution in [0.25, 0.3) is 0 Å². The number of carbonyl (C=O) groups is 1. The van der Waals surface area contributed by atoms with E-state index in [0.29, 0.717) is 6.54 Å². The quantitative estimate of drug-likeness (QED) is 0.789. The number of amides is 2. The summed E-state index contributed by atoms with van der Waals surface area (Å²) in [5.74, 6) is 0.999. The standard InChI is InChI=1S/C17H26N4O2/c22-16(19-13-17(23)8-2-3-9-17)20-14-6-11-21(12-7-14)15-5-1-4-10-18-15/h1,4-5,10,14,23H,2-3,6-9,11-13H2,(H2,19,20,22). The summed E-state index contributed by atoms with van der Waals surface area (Å²) in [5, 5.41) is 16.1. The second-order valence-electron chi connectivity index (χ2n) is 6.71. The van der Waals surface area contributed by atoms with Crippen LogP contribution in [0.2, 0.25) is 0 Å². The van der Waals surface area contributed by atoms with Crippen molar-refractivity contribution in [3.63, 3.8) is 0 Å². The van der Waals surface area contributed by atoms with Crippen molar-refractivity contribution < 1.29 is 9.90 Å². The fourth-order valence-corrected chi connectivity index (χ4v) is 3.48. The van der Waals surface area contributed by atoms with Crippen LogP contribution < -0.4 is 15.5 Å². The number of carbonyl (C=O) groups excluding carboxylic acids is 1. The lowest BCUT2D eigenvalue weighted by atomic mass is 10.0. The van der Waals surface area contributed by atoms with Crippen LogP contribution in [0.5, 0.6) is 0 Å². The van der Waals surface area contributed by atoms with Gasteiger partial charge in [0.05, 0.1) is 5.60 Å². The lowest BCUT2D eigenvalue weighted by Crippen LogP contribution is -2.50. The third kappa shape index (κ3) is 4.34. The molecule has 126 valence electrons. The molecule has 2 fully saturated rings. The fraction of sp³-hybridized carbons (Fsp3) is 0.647. The summed E-state index contributed by atoms with van der Waals surface area (Å²) in [4.78, 5) is 18.6. The van der Waals surface area contributed by atoms with E-state index in [-0.39, 0.29) is 12.1 Å². The third-order valence-electron chi connectivity index (χ3n) is 4.92. The average Bonchev–Trinajstić information content (AvgIpc) is 3.02. The average molecular weight is 318 g/mol. The van der Waals surface area contributed by atoms with Crippen LogP contribution in [-0.4, -0.2) is 47.4 Å². The van der Waals surface area contributed by atoms with Crippen LogP contribution in [0.15, 0.2) is 24.4 Å². The summed E-state index contributed by atoms with van der Waals surface area (Å²) in [7, 11) is 0. The largest absolute Gasteiger partial charge is 0.388 e. The van der Waals surface area contributed by atoms with E-state index in [1.54, 1.807) is 6.20 Å².